The van der Waals surface area contributed by atoms with Crippen LogP contribution in [0.25, 0.3) is 0 Å². The number of hydrogen-bond acceptors (Lipinski definition) is 4. The minimum absolute atomic E-state index is 0.0200. The summed E-state index contributed by atoms with van der Waals surface area (Å²) in [5.41, 5.74) is 0.315. The Balaban J connectivity index is 1.81. The maximum atomic E-state index is 15.1. The zero-order valence-electron chi connectivity index (χ0n) is 17.1. The third-order valence-electron chi connectivity index (χ3n) is 6.37. The fraction of sp³-hybridized carbons (Fsp3) is 0.250. The normalized spacial score (nSPS) is 20.6. The van der Waals surface area contributed by atoms with Crippen molar-refractivity contribution in [2.24, 2.45) is 0 Å². The highest BCUT2D eigenvalue weighted by molar-refractivity contribution is 5.96. The molecule has 1 radical (unpaired) electrons. The van der Waals surface area contributed by atoms with Gasteiger partial charge in [0.2, 0.25) is 5.43 Å². The molecule has 1 aromatic heterocycles. The highest BCUT2D eigenvalue weighted by Crippen LogP contribution is 2.46. The van der Waals surface area contributed by atoms with Crippen LogP contribution in [0.4, 0.5) is 8.78 Å². The van der Waals surface area contributed by atoms with E-state index in [9.17, 15) is 14.0 Å². The molecule has 2 aliphatic rings. The Kier molecular flexibility index (Phi) is 5.00. The second-order valence-electron chi connectivity index (χ2n) is 8.01. The van der Waals surface area contributed by atoms with E-state index in [-0.39, 0.29) is 29.0 Å². The zero-order chi connectivity index (χ0) is 22.4. The van der Waals surface area contributed by atoms with Crippen molar-refractivity contribution < 1.29 is 18.3 Å². The number of amides is 1. The van der Waals surface area contributed by atoms with Gasteiger partial charge in [0, 0.05) is 18.0 Å². The number of carbonyl (C=O) groups excluding carboxylic acids is 1. The van der Waals surface area contributed by atoms with E-state index in [4.69, 9.17) is 4.74 Å². The largest absolute Gasteiger partial charge is 0.484 e. The van der Waals surface area contributed by atoms with Crippen LogP contribution in [0.1, 0.15) is 46.4 Å². The van der Waals surface area contributed by atoms with Crippen molar-refractivity contribution in [2.45, 2.75) is 30.8 Å². The average molecular weight is 436 g/mol. The van der Waals surface area contributed by atoms with Crippen molar-refractivity contribution in [3.05, 3.63) is 101 Å². The summed E-state index contributed by atoms with van der Waals surface area (Å²) in [7, 11) is 3.34. The molecule has 0 N–H and O–H groups in total. The summed E-state index contributed by atoms with van der Waals surface area (Å²) in [5.74, 6) is -3.14. The van der Waals surface area contributed by atoms with Gasteiger partial charge in [0.1, 0.15) is 7.11 Å². The second-order valence-corrected chi connectivity index (χ2v) is 8.01. The van der Waals surface area contributed by atoms with Gasteiger partial charge in [-0.15, -0.1) is 0 Å². The maximum absolute atomic E-state index is 15.1. The minimum Gasteiger partial charge on any atom is -0.484 e. The number of carbonyl (C=O) groups is 1. The average Bonchev–Trinajstić information content (AvgIpc) is 3.30. The Morgan fingerprint density at radius 1 is 1.09 bits per heavy atom. The van der Waals surface area contributed by atoms with Crippen LogP contribution in [0.3, 0.4) is 0 Å². The summed E-state index contributed by atoms with van der Waals surface area (Å²) in [5, 5.41) is 4.28. The van der Waals surface area contributed by atoms with Gasteiger partial charge in [0.15, 0.2) is 23.1 Å². The number of fused-ring (bicyclic) bond motifs is 2. The standard InChI is InChI=1S/C24H20F2N3O3/c1-32-23-18(30)13-27-29-21(17-11-6-12-28(17)24(31)22(23)29)19(14-7-3-2-4-8-14)15-9-5-10-16(25)20(15)26/h2-5,7-10,13,17,19,21H,1,6,11-12H2/t17-,19-,21-/m1/s1. The highest BCUT2D eigenvalue weighted by Gasteiger charge is 2.48. The van der Waals surface area contributed by atoms with Crippen LogP contribution in [-0.4, -0.2) is 33.2 Å². The van der Waals surface area contributed by atoms with Crippen molar-refractivity contribution in [1.82, 2.24) is 14.7 Å². The van der Waals surface area contributed by atoms with E-state index in [1.807, 2.05) is 30.3 Å². The van der Waals surface area contributed by atoms with E-state index >= 15 is 4.39 Å². The number of benzene rings is 2. The predicted molar refractivity (Wildman–Crippen MR) is 112 cm³/mol. The summed E-state index contributed by atoms with van der Waals surface area (Å²) in [6, 6.07) is 12.4. The number of hydrogen-bond donors (Lipinski definition) is 0. The number of aromatic nitrogens is 2. The molecule has 3 heterocycles. The number of rotatable bonds is 4. The molecule has 0 bridgehead atoms. The molecule has 3 atom stereocenters. The van der Waals surface area contributed by atoms with Crippen LogP contribution in [0.15, 0.2) is 59.5 Å². The van der Waals surface area contributed by atoms with E-state index < -0.39 is 29.0 Å². The first-order chi connectivity index (χ1) is 15.5. The molecule has 0 spiro atoms. The molecule has 6 nitrogen and oxygen atoms in total. The van der Waals surface area contributed by atoms with Gasteiger partial charge in [-0.1, -0.05) is 42.5 Å². The fourth-order valence-corrected chi connectivity index (χ4v) is 5.06. The molecule has 3 aromatic rings. The molecule has 2 aromatic carbocycles. The third kappa shape index (κ3) is 3.01. The molecule has 163 valence electrons. The lowest BCUT2D eigenvalue weighted by atomic mass is 9.79. The van der Waals surface area contributed by atoms with Crippen LogP contribution >= 0.6 is 0 Å². The molecule has 2 aliphatic heterocycles. The monoisotopic (exact) mass is 436 g/mol. The zero-order valence-corrected chi connectivity index (χ0v) is 17.1. The SMILES string of the molecule is [CH2]Oc1c2n(ncc1=O)[C@@H]([C@H](c1ccccc1)c1cccc(F)c1F)[C@H]1CCCN1C2=O. The van der Waals surface area contributed by atoms with Crippen LogP contribution in [0.5, 0.6) is 5.75 Å². The Hall–Kier alpha value is -3.55. The quantitative estimate of drug-likeness (QED) is 0.626. The molecular formula is C24H20F2N3O3. The summed E-state index contributed by atoms with van der Waals surface area (Å²) in [4.78, 5) is 27.3. The van der Waals surface area contributed by atoms with Crippen molar-refractivity contribution in [3.63, 3.8) is 0 Å². The summed E-state index contributed by atoms with van der Waals surface area (Å²) >= 11 is 0. The van der Waals surface area contributed by atoms with Crippen molar-refractivity contribution in [1.29, 1.82) is 0 Å². The van der Waals surface area contributed by atoms with E-state index in [1.54, 1.807) is 11.0 Å². The first kappa shape index (κ1) is 20.4. The molecule has 0 unspecified atom stereocenters. The van der Waals surface area contributed by atoms with Crippen LogP contribution in [0.2, 0.25) is 0 Å². The van der Waals surface area contributed by atoms with Gasteiger partial charge in [0.25, 0.3) is 5.91 Å². The van der Waals surface area contributed by atoms with Gasteiger partial charge in [-0.2, -0.15) is 5.10 Å². The first-order valence-corrected chi connectivity index (χ1v) is 10.4. The van der Waals surface area contributed by atoms with Crippen LogP contribution in [0, 0.1) is 18.7 Å². The lowest BCUT2D eigenvalue weighted by Crippen LogP contribution is -2.51. The molecule has 8 heteroatoms. The Morgan fingerprint density at radius 2 is 1.88 bits per heavy atom. The molecule has 0 saturated carbocycles. The molecule has 1 amide bonds. The summed E-state index contributed by atoms with van der Waals surface area (Å²) < 4.78 is 35.9. The van der Waals surface area contributed by atoms with Crippen LogP contribution in [-0.2, 0) is 0 Å². The molecule has 1 fully saturated rings. The Bertz CT molecular complexity index is 1240. The highest BCUT2D eigenvalue weighted by atomic mass is 19.2. The number of halogens is 2. The maximum Gasteiger partial charge on any atom is 0.276 e. The van der Waals surface area contributed by atoms with E-state index in [1.165, 1.54) is 10.7 Å². The molecular weight excluding hydrogens is 416 g/mol. The first-order valence-electron chi connectivity index (χ1n) is 10.4. The smallest absolute Gasteiger partial charge is 0.276 e. The van der Waals surface area contributed by atoms with E-state index in [2.05, 4.69) is 12.2 Å². The van der Waals surface area contributed by atoms with Gasteiger partial charge in [-0.3, -0.25) is 14.3 Å². The fourth-order valence-electron chi connectivity index (χ4n) is 5.06. The van der Waals surface area contributed by atoms with Gasteiger partial charge in [-0.05, 0) is 24.5 Å². The third-order valence-corrected chi connectivity index (χ3v) is 6.37. The van der Waals surface area contributed by atoms with Gasteiger partial charge in [-0.25, -0.2) is 8.78 Å². The lowest BCUT2D eigenvalue weighted by molar-refractivity contribution is 0.0564. The van der Waals surface area contributed by atoms with Crippen molar-refractivity contribution in [3.8, 4) is 5.75 Å². The summed E-state index contributed by atoms with van der Waals surface area (Å²) in [6.07, 6.45) is 2.49. The minimum atomic E-state index is -0.950. The summed E-state index contributed by atoms with van der Waals surface area (Å²) in [6.45, 7) is 0.493. The number of nitrogens with zero attached hydrogens (tertiary/aromatic N) is 3. The molecule has 0 aliphatic carbocycles. The topological polar surface area (TPSA) is 64.4 Å². The van der Waals surface area contributed by atoms with E-state index in [0.29, 0.717) is 13.0 Å². The van der Waals surface area contributed by atoms with E-state index in [0.717, 1.165) is 24.2 Å². The van der Waals surface area contributed by atoms with Gasteiger partial charge >= 0.3 is 0 Å². The molecule has 5 rings (SSSR count). The second kappa shape index (κ2) is 7.85. The van der Waals surface area contributed by atoms with Gasteiger partial charge < -0.3 is 9.64 Å². The molecule has 32 heavy (non-hydrogen) atoms. The molecule has 1 saturated heterocycles. The van der Waals surface area contributed by atoms with Crippen molar-refractivity contribution in [2.75, 3.05) is 6.54 Å². The van der Waals surface area contributed by atoms with Crippen molar-refractivity contribution >= 4 is 5.91 Å². The van der Waals surface area contributed by atoms with Crippen LogP contribution < -0.4 is 10.2 Å². The lowest BCUT2D eigenvalue weighted by Gasteiger charge is -2.42. The predicted octanol–water partition coefficient (Wildman–Crippen LogP) is 3.68. The Morgan fingerprint density at radius 3 is 2.62 bits per heavy atom. The van der Waals surface area contributed by atoms with Gasteiger partial charge in [0.05, 0.1) is 18.3 Å². The Labute approximate surface area is 183 Å². The number of ether oxygens (including phenoxy) is 1.